The predicted molar refractivity (Wildman–Crippen MR) is 84.5 cm³/mol. The van der Waals surface area contributed by atoms with E-state index in [2.05, 4.69) is 43.3 Å². The van der Waals surface area contributed by atoms with Crippen molar-refractivity contribution >= 4 is 11.8 Å². The molecule has 0 aromatic rings. The molecule has 0 saturated carbocycles. The molecule has 1 saturated heterocycles. The molecule has 3 heteroatoms. The van der Waals surface area contributed by atoms with Crippen LogP contribution in [0.5, 0.6) is 0 Å². The van der Waals surface area contributed by atoms with E-state index in [4.69, 9.17) is 0 Å². The summed E-state index contributed by atoms with van der Waals surface area (Å²) in [7, 11) is 0. The third-order valence-electron chi connectivity index (χ3n) is 3.68. The summed E-state index contributed by atoms with van der Waals surface area (Å²) in [5.74, 6) is 1.24. The van der Waals surface area contributed by atoms with Gasteiger partial charge in [0.05, 0.1) is 0 Å². The van der Waals surface area contributed by atoms with Crippen LogP contribution >= 0.6 is 11.8 Å². The maximum atomic E-state index is 3.83. The van der Waals surface area contributed by atoms with E-state index in [0.717, 1.165) is 12.6 Å². The standard InChI is InChI=1S/C15H30N2S/c1-5-14(12-18-4)16-15-7-10-17(11-8-15)9-6-13(2)3/h6,14-16H,5,7-12H2,1-4H3. The fourth-order valence-corrected chi connectivity index (χ4v) is 3.15. The van der Waals surface area contributed by atoms with Crippen molar-refractivity contribution in [3.63, 3.8) is 0 Å². The Bertz CT molecular complexity index is 241. The van der Waals surface area contributed by atoms with Crippen LogP contribution in [0, 0.1) is 0 Å². The highest BCUT2D eigenvalue weighted by atomic mass is 32.2. The van der Waals surface area contributed by atoms with E-state index in [9.17, 15) is 0 Å². The first-order valence-electron chi connectivity index (χ1n) is 7.26. The molecule has 0 aliphatic carbocycles. The van der Waals surface area contributed by atoms with Crippen molar-refractivity contribution in [1.29, 1.82) is 0 Å². The molecule has 0 amide bonds. The fraction of sp³-hybridized carbons (Fsp3) is 0.867. The number of nitrogens with zero attached hydrogens (tertiary/aromatic N) is 1. The van der Waals surface area contributed by atoms with Gasteiger partial charge < -0.3 is 5.32 Å². The Balaban J connectivity index is 2.24. The van der Waals surface area contributed by atoms with Crippen LogP contribution in [-0.2, 0) is 0 Å². The van der Waals surface area contributed by atoms with Crippen molar-refractivity contribution in [2.75, 3.05) is 31.6 Å². The van der Waals surface area contributed by atoms with E-state index >= 15 is 0 Å². The number of thioether (sulfide) groups is 1. The number of allylic oxidation sites excluding steroid dienone is 1. The van der Waals surface area contributed by atoms with E-state index in [1.807, 2.05) is 11.8 Å². The van der Waals surface area contributed by atoms with Crippen LogP contribution in [0.25, 0.3) is 0 Å². The second kappa shape index (κ2) is 9.00. The summed E-state index contributed by atoms with van der Waals surface area (Å²) in [5, 5.41) is 3.83. The van der Waals surface area contributed by atoms with Crippen molar-refractivity contribution in [3.05, 3.63) is 11.6 Å². The van der Waals surface area contributed by atoms with Gasteiger partial charge in [0.25, 0.3) is 0 Å². The minimum atomic E-state index is 0.703. The van der Waals surface area contributed by atoms with Crippen molar-refractivity contribution in [2.45, 2.75) is 52.1 Å². The zero-order chi connectivity index (χ0) is 13.4. The van der Waals surface area contributed by atoms with Crippen molar-refractivity contribution in [1.82, 2.24) is 10.2 Å². The van der Waals surface area contributed by atoms with Gasteiger partial charge in [-0.1, -0.05) is 18.6 Å². The number of nitrogens with one attached hydrogen (secondary N) is 1. The van der Waals surface area contributed by atoms with Crippen LogP contribution < -0.4 is 5.32 Å². The summed E-state index contributed by atoms with van der Waals surface area (Å²) in [5.41, 5.74) is 1.43. The van der Waals surface area contributed by atoms with Gasteiger partial charge in [0.2, 0.25) is 0 Å². The Hall–Kier alpha value is 0.0100. The highest BCUT2D eigenvalue weighted by molar-refractivity contribution is 7.98. The molecule has 1 aliphatic heterocycles. The lowest BCUT2D eigenvalue weighted by molar-refractivity contribution is 0.208. The van der Waals surface area contributed by atoms with Crippen LogP contribution in [0.1, 0.15) is 40.0 Å². The monoisotopic (exact) mass is 270 g/mol. The van der Waals surface area contributed by atoms with Gasteiger partial charge in [-0.2, -0.15) is 11.8 Å². The normalized spacial score (nSPS) is 19.8. The first kappa shape index (κ1) is 16.1. The van der Waals surface area contributed by atoms with Crippen LogP contribution in [0.15, 0.2) is 11.6 Å². The molecule has 1 rings (SSSR count). The Kier molecular flexibility index (Phi) is 8.03. The molecule has 0 spiro atoms. The molecule has 2 nitrogen and oxygen atoms in total. The molecule has 1 fully saturated rings. The largest absolute Gasteiger partial charge is 0.310 e. The third-order valence-corrected chi connectivity index (χ3v) is 4.41. The molecule has 1 heterocycles. The Morgan fingerprint density at radius 3 is 2.56 bits per heavy atom. The number of piperidine rings is 1. The average molecular weight is 270 g/mol. The smallest absolute Gasteiger partial charge is 0.0165 e. The van der Waals surface area contributed by atoms with E-state index < -0.39 is 0 Å². The lowest BCUT2D eigenvalue weighted by Crippen LogP contribution is -2.46. The Labute approximate surface area is 118 Å². The van der Waals surface area contributed by atoms with Crippen LogP contribution in [-0.4, -0.2) is 48.6 Å². The summed E-state index contributed by atoms with van der Waals surface area (Å²) in [4.78, 5) is 2.57. The second-order valence-corrected chi connectivity index (χ2v) is 6.49. The van der Waals surface area contributed by atoms with Crippen molar-refractivity contribution in [2.24, 2.45) is 0 Å². The minimum absolute atomic E-state index is 0.703. The van der Waals surface area contributed by atoms with Gasteiger partial charge in [-0.05, 0) is 52.5 Å². The van der Waals surface area contributed by atoms with E-state index in [0.29, 0.717) is 6.04 Å². The van der Waals surface area contributed by atoms with Crippen LogP contribution in [0.3, 0.4) is 0 Å². The molecule has 1 unspecified atom stereocenters. The van der Waals surface area contributed by atoms with Gasteiger partial charge in [0, 0.05) is 24.4 Å². The van der Waals surface area contributed by atoms with Gasteiger partial charge in [0.15, 0.2) is 0 Å². The van der Waals surface area contributed by atoms with Crippen molar-refractivity contribution in [3.8, 4) is 0 Å². The molecule has 18 heavy (non-hydrogen) atoms. The van der Waals surface area contributed by atoms with Gasteiger partial charge in [-0.3, -0.25) is 4.90 Å². The number of hydrogen-bond donors (Lipinski definition) is 1. The highest BCUT2D eigenvalue weighted by Crippen LogP contribution is 2.13. The quantitative estimate of drug-likeness (QED) is 0.716. The zero-order valence-electron chi connectivity index (χ0n) is 12.5. The first-order chi connectivity index (χ1) is 8.65. The van der Waals surface area contributed by atoms with Gasteiger partial charge in [0.1, 0.15) is 0 Å². The van der Waals surface area contributed by atoms with Crippen molar-refractivity contribution < 1.29 is 0 Å². The molecule has 1 atom stereocenters. The van der Waals surface area contributed by atoms with E-state index in [1.165, 1.54) is 43.7 Å². The Morgan fingerprint density at radius 2 is 2.06 bits per heavy atom. The molecule has 0 aromatic carbocycles. The van der Waals surface area contributed by atoms with Gasteiger partial charge in [-0.25, -0.2) is 0 Å². The summed E-state index contributed by atoms with van der Waals surface area (Å²) < 4.78 is 0. The lowest BCUT2D eigenvalue weighted by Gasteiger charge is -2.34. The van der Waals surface area contributed by atoms with Gasteiger partial charge >= 0.3 is 0 Å². The molecule has 0 aromatic heterocycles. The number of hydrogen-bond acceptors (Lipinski definition) is 3. The molecular formula is C15H30N2S. The fourth-order valence-electron chi connectivity index (χ4n) is 2.41. The summed E-state index contributed by atoms with van der Waals surface area (Å²) in [6, 6.07) is 1.44. The number of likely N-dealkylation sites (tertiary alicyclic amines) is 1. The average Bonchev–Trinajstić information content (AvgIpc) is 2.37. The summed E-state index contributed by atoms with van der Waals surface area (Å²) in [6.07, 6.45) is 8.41. The molecule has 106 valence electrons. The highest BCUT2D eigenvalue weighted by Gasteiger charge is 2.20. The SMILES string of the molecule is CCC(CSC)NC1CCN(CC=C(C)C)CC1. The molecule has 1 aliphatic rings. The van der Waals surface area contributed by atoms with E-state index in [-0.39, 0.29) is 0 Å². The predicted octanol–water partition coefficient (Wildman–Crippen LogP) is 3.15. The lowest BCUT2D eigenvalue weighted by atomic mass is 10.0. The van der Waals surface area contributed by atoms with Gasteiger partial charge in [-0.15, -0.1) is 0 Å². The molecule has 0 radical (unpaired) electrons. The zero-order valence-corrected chi connectivity index (χ0v) is 13.4. The number of rotatable bonds is 7. The maximum Gasteiger partial charge on any atom is 0.0165 e. The summed E-state index contributed by atoms with van der Waals surface area (Å²) in [6.45, 7) is 10.3. The maximum absolute atomic E-state index is 3.83. The Morgan fingerprint density at radius 1 is 1.39 bits per heavy atom. The molecule has 0 bridgehead atoms. The summed E-state index contributed by atoms with van der Waals surface area (Å²) >= 11 is 1.95. The third kappa shape index (κ3) is 6.26. The topological polar surface area (TPSA) is 15.3 Å². The second-order valence-electron chi connectivity index (χ2n) is 5.58. The molecule has 1 N–H and O–H groups in total. The molecular weight excluding hydrogens is 240 g/mol. The van der Waals surface area contributed by atoms with Crippen LogP contribution in [0.2, 0.25) is 0 Å². The first-order valence-corrected chi connectivity index (χ1v) is 8.65. The van der Waals surface area contributed by atoms with E-state index in [1.54, 1.807) is 0 Å². The van der Waals surface area contributed by atoms with Crippen LogP contribution in [0.4, 0.5) is 0 Å². The minimum Gasteiger partial charge on any atom is -0.310 e.